The summed E-state index contributed by atoms with van der Waals surface area (Å²) in [6.07, 6.45) is 2.21. The predicted octanol–water partition coefficient (Wildman–Crippen LogP) is 0.549. The number of ether oxygens (including phenoxy) is 1. The van der Waals surface area contributed by atoms with E-state index in [1.165, 1.54) is 0 Å². The van der Waals surface area contributed by atoms with Crippen LogP contribution in [-0.2, 0) is 9.53 Å². The molecule has 0 aromatic carbocycles. The summed E-state index contributed by atoms with van der Waals surface area (Å²) in [6, 6.07) is 0. The molecule has 1 aliphatic heterocycles. The van der Waals surface area contributed by atoms with E-state index in [1.54, 1.807) is 6.92 Å². The van der Waals surface area contributed by atoms with Crippen LogP contribution in [0.15, 0.2) is 0 Å². The van der Waals surface area contributed by atoms with E-state index >= 15 is 0 Å². The molecule has 0 bridgehead atoms. The van der Waals surface area contributed by atoms with E-state index in [2.05, 4.69) is 5.32 Å². The van der Waals surface area contributed by atoms with Gasteiger partial charge in [-0.3, -0.25) is 4.79 Å². The van der Waals surface area contributed by atoms with Crippen molar-refractivity contribution >= 4 is 5.91 Å². The number of amides is 1. The van der Waals surface area contributed by atoms with Gasteiger partial charge in [-0.15, -0.1) is 0 Å². The summed E-state index contributed by atoms with van der Waals surface area (Å²) in [5.74, 6) is 0.728. The van der Waals surface area contributed by atoms with Crippen LogP contribution in [0.25, 0.3) is 0 Å². The van der Waals surface area contributed by atoms with Crippen molar-refractivity contribution in [2.75, 3.05) is 19.8 Å². The van der Waals surface area contributed by atoms with Gasteiger partial charge in [0.2, 0.25) is 5.91 Å². The molecule has 0 radical (unpaired) electrons. The molecule has 1 rings (SSSR count). The molecule has 1 N–H and O–H groups in total. The maximum absolute atomic E-state index is 10.5. The first-order valence-corrected chi connectivity index (χ1v) is 4.11. The van der Waals surface area contributed by atoms with Crippen LogP contribution in [0.2, 0.25) is 0 Å². The van der Waals surface area contributed by atoms with E-state index in [9.17, 15) is 4.79 Å². The normalized spacial score (nSPS) is 23.5. The highest BCUT2D eigenvalue weighted by atomic mass is 16.5. The summed E-state index contributed by atoms with van der Waals surface area (Å²) >= 11 is 0. The molecule has 3 nitrogen and oxygen atoms in total. The van der Waals surface area contributed by atoms with Gasteiger partial charge >= 0.3 is 0 Å². The number of carbonyl (C=O) groups excluding carboxylic acids is 1. The zero-order valence-electron chi connectivity index (χ0n) is 6.93. The Hall–Kier alpha value is -0.570. The zero-order chi connectivity index (χ0) is 8.10. The third kappa shape index (κ3) is 3.37. The van der Waals surface area contributed by atoms with Crippen molar-refractivity contribution < 1.29 is 9.53 Å². The molecule has 1 unspecified atom stereocenters. The monoisotopic (exact) mass is 157 g/mol. The van der Waals surface area contributed by atoms with Crippen LogP contribution >= 0.6 is 0 Å². The summed E-state index contributed by atoms with van der Waals surface area (Å²) in [5, 5.41) is 2.78. The molecule has 0 spiro atoms. The van der Waals surface area contributed by atoms with E-state index in [0.717, 1.165) is 32.6 Å². The van der Waals surface area contributed by atoms with Crippen molar-refractivity contribution in [3.8, 4) is 0 Å². The first-order valence-electron chi connectivity index (χ1n) is 4.11. The lowest BCUT2D eigenvalue weighted by Gasteiger charge is -2.06. The standard InChI is InChI=1S/C8H15NO2/c1-7(10)9-4-2-8-3-5-11-6-8/h8H,2-6H2,1H3,(H,9,10). The average Bonchev–Trinajstić information content (AvgIpc) is 2.39. The molecule has 1 amide bonds. The van der Waals surface area contributed by atoms with Gasteiger partial charge in [-0.25, -0.2) is 0 Å². The largest absolute Gasteiger partial charge is 0.381 e. The highest BCUT2D eigenvalue weighted by molar-refractivity contribution is 5.72. The van der Waals surface area contributed by atoms with Crippen molar-refractivity contribution in [1.29, 1.82) is 0 Å². The molecule has 1 aliphatic rings. The SMILES string of the molecule is CC(=O)NCCC1CCOC1. The fourth-order valence-corrected chi connectivity index (χ4v) is 1.26. The van der Waals surface area contributed by atoms with Gasteiger partial charge in [0.15, 0.2) is 0 Å². The second kappa shape index (κ2) is 4.34. The Morgan fingerprint density at radius 1 is 1.73 bits per heavy atom. The molecule has 1 atom stereocenters. The second-order valence-corrected chi connectivity index (χ2v) is 3.00. The smallest absolute Gasteiger partial charge is 0.216 e. The number of nitrogens with one attached hydrogen (secondary N) is 1. The van der Waals surface area contributed by atoms with Crippen molar-refractivity contribution in [2.24, 2.45) is 5.92 Å². The van der Waals surface area contributed by atoms with E-state index in [0.29, 0.717) is 5.92 Å². The van der Waals surface area contributed by atoms with E-state index in [1.807, 2.05) is 0 Å². The van der Waals surface area contributed by atoms with E-state index in [4.69, 9.17) is 4.74 Å². The van der Waals surface area contributed by atoms with Gasteiger partial charge in [0.05, 0.1) is 0 Å². The summed E-state index contributed by atoms with van der Waals surface area (Å²) in [5.41, 5.74) is 0. The van der Waals surface area contributed by atoms with Crippen LogP contribution < -0.4 is 5.32 Å². The molecule has 0 aromatic rings. The number of hydrogen-bond donors (Lipinski definition) is 1. The zero-order valence-corrected chi connectivity index (χ0v) is 6.93. The average molecular weight is 157 g/mol. The van der Waals surface area contributed by atoms with Crippen LogP contribution in [0.3, 0.4) is 0 Å². The highest BCUT2D eigenvalue weighted by Crippen LogP contribution is 2.14. The Morgan fingerprint density at radius 3 is 3.09 bits per heavy atom. The first-order chi connectivity index (χ1) is 5.29. The van der Waals surface area contributed by atoms with Crippen molar-refractivity contribution in [1.82, 2.24) is 5.32 Å². The van der Waals surface area contributed by atoms with Crippen LogP contribution in [0.5, 0.6) is 0 Å². The van der Waals surface area contributed by atoms with Gasteiger partial charge in [0, 0.05) is 26.7 Å². The Morgan fingerprint density at radius 2 is 2.55 bits per heavy atom. The van der Waals surface area contributed by atoms with E-state index in [-0.39, 0.29) is 5.91 Å². The van der Waals surface area contributed by atoms with E-state index < -0.39 is 0 Å². The topological polar surface area (TPSA) is 38.3 Å². The Labute approximate surface area is 67.1 Å². The number of carbonyl (C=O) groups is 1. The lowest BCUT2D eigenvalue weighted by molar-refractivity contribution is -0.119. The molecule has 0 saturated carbocycles. The van der Waals surface area contributed by atoms with Crippen LogP contribution in [-0.4, -0.2) is 25.7 Å². The highest BCUT2D eigenvalue weighted by Gasteiger charge is 2.14. The molecule has 64 valence electrons. The minimum Gasteiger partial charge on any atom is -0.381 e. The quantitative estimate of drug-likeness (QED) is 0.649. The maximum Gasteiger partial charge on any atom is 0.216 e. The Kier molecular flexibility index (Phi) is 3.36. The molecule has 3 heteroatoms. The van der Waals surface area contributed by atoms with Crippen molar-refractivity contribution in [3.63, 3.8) is 0 Å². The molecule has 1 saturated heterocycles. The third-order valence-electron chi connectivity index (χ3n) is 1.95. The van der Waals surface area contributed by atoms with Gasteiger partial charge in [-0.1, -0.05) is 0 Å². The van der Waals surface area contributed by atoms with Gasteiger partial charge in [0.1, 0.15) is 0 Å². The van der Waals surface area contributed by atoms with Crippen LogP contribution in [0.4, 0.5) is 0 Å². The van der Waals surface area contributed by atoms with Crippen LogP contribution in [0, 0.1) is 5.92 Å². The fourth-order valence-electron chi connectivity index (χ4n) is 1.26. The fraction of sp³-hybridized carbons (Fsp3) is 0.875. The number of hydrogen-bond acceptors (Lipinski definition) is 2. The Balaban J connectivity index is 1.98. The van der Waals surface area contributed by atoms with Gasteiger partial charge in [0.25, 0.3) is 0 Å². The van der Waals surface area contributed by atoms with Crippen LogP contribution in [0.1, 0.15) is 19.8 Å². The molecule has 1 heterocycles. The molecule has 11 heavy (non-hydrogen) atoms. The van der Waals surface area contributed by atoms with Crippen molar-refractivity contribution in [3.05, 3.63) is 0 Å². The lowest BCUT2D eigenvalue weighted by Crippen LogP contribution is -2.22. The lowest BCUT2D eigenvalue weighted by atomic mass is 10.1. The van der Waals surface area contributed by atoms with Gasteiger partial charge < -0.3 is 10.1 Å². The summed E-state index contributed by atoms with van der Waals surface area (Å²) in [4.78, 5) is 10.5. The molecule has 1 fully saturated rings. The molecular weight excluding hydrogens is 142 g/mol. The minimum atomic E-state index is 0.0592. The summed E-state index contributed by atoms with van der Waals surface area (Å²) < 4.78 is 5.20. The minimum absolute atomic E-state index is 0.0592. The third-order valence-corrected chi connectivity index (χ3v) is 1.95. The van der Waals surface area contributed by atoms with Crippen molar-refractivity contribution in [2.45, 2.75) is 19.8 Å². The summed E-state index contributed by atoms with van der Waals surface area (Å²) in [6.45, 7) is 4.11. The second-order valence-electron chi connectivity index (χ2n) is 3.00. The van der Waals surface area contributed by atoms with Gasteiger partial charge in [-0.05, 0) is 18.8 Å². The van der Waals surface area contributed by atoms with Gasteiger partial charge in [-0.2, -0.15) is 0 Å². The summed E-state index contributed by atoms with van der Waals surface area (Å²) in [7, 11) is 0. The molecule has 0 aromatic heterocycles. The number of rotatable bonds is 3. The molecular formula is C8H15NO2. The molecule has 0 aliphatic carbocycles. The predicted molar refractivity (Wildman–Crippen MR) is 42.2 cm³/mol. The first kappa shape index (κ1) is 8.53. The maximum atomic E-state index is 10.5. The Bertz CT molecular complexity index is 130.